The Morgan fingerprint density at radius 1 is 1.38 bits per heavy atom. The smallest absolute Gasteiger partial charge is 0.475 e. The second kappa shape index (κ2) is 10.7. The van der Waals surface area contributed by atoms with Gasteiger partial charge in [-0.2, -0.15) is 13.2 Å². The van der Waals surface area contributed by atoms with E-state index >= 15 is 0 Å². The average Bonchev–Trinajstić information content (AvgIpc) is 3.14. The molecule has 1 aromatic heterocycles. The molecule has 0 saturated carbocycles. The van der Waals surface area contributed by atoms with E-state index in [9.17, 15) is 22.8 Å². The maximum Gasteiger partial charge on any atom is 0.490 e. The summed E-state index contributed by atoms with van der Waals surface area (Å²) in [4.78, 5) is 36.7. The van der Waals surface area contributed by atoms with Crippen LogP contribution in [0.1, 0.15) is 42.6 Å². The number of aliphatic carboxylic acids is 1. The minimum absolute atomic E-state index is 0.0690. The molecule has 1 aliphatic rings. The van der Waals surface area contributed by atoms with Crippen LogP contribution in [0.2, 0.25) is 0 Å². The van der Waals surface area contributed by atoms with Crippen molar-refractivity contribution in [3.05, 3.63) is 23.4 Å². The zero-order chi connectivity index (χ0) is 22.2. The number of rotatable bonds is 7. The first-order chi connectivity index (χ1) is 13.4. The molecule has 1 amide bonds. The number of carboxylic acids is 1. The number of alkyl halides is 3. The Balaban J connectivity index is 0.000000516. The zero-order valence-corrected chi connectivity index (χ0v) is 16.1. The Kier molecular flexibility index (Phi) is 9.02. The molecular weight excluding hydrogens is 395 g/mol. The number of carboxylic acid groups (broad SMARTS) is 1. The predicted molar refractivity (Wildman–Crippen MR) is 96.5 cm³/mol. The molecule has 0 spiro atoms. The molecule has 1 fully saturated rings. The quantitative estimate of drug-likeness (QED) is 0.573. The number of carbonyl (C=O) groups is 3. The number of nitrogens with two attached hydrogens (primary N) is 1. The van der Waals surface area contributed by atoms with Gasteiger partial charge in [-0.15, -0.1) is 0 Å². The predicted octanol–water partition coefficient (Wildman–Crippen LogP) is 1.71. The number of hydrogen-bond donors (Lipinski definition) is 3. The molecule has 1 aromatic rings. The van der Waals surface area contributed by atoms with Crippen LogP contribution in [0, 0.1) is 5.92 Å². The van der Waals surface area contributed by atoms with E-state index in [1.165, 1.54) is 0 Å². The fraction of sp³-hybridized carbons (Fsp3) is 0.556. The van der Waals surface area contributed by atoms with Crippen LogP contribution in [0.25, 0.3) is 0 Å². The van der Waals surface area contributed by atoms with Crippen LogP contribution >= 0.6 is 0 Å². The number of primary amides is 1. The molecule has 2 rings (SSSR count). The molecule has 1 aliphatic heterocycles. The van der Waals surface area contributed by atoms with Gasteiger partial charge in [0.1, 0.15) is 0 Å². The first-order valence-electron chi connectivity index (χ1n) is 8.90. The summed E-state index contributed by atoms with van der Waals surface area (Å²) < 4.78 is 37.1. The molecule has 8 nitrogen and oxygen atoms in total. The summed E-state index contributed by atoms with van der Waals surface area (Å²) in [6.07, 6.45) is -1.02. The van der Waals surface area contributed by atoms with E-state index in [1.807, 2.05) is 0 Å². The van der Waals surface area contributed by atoms with Crippen LogP contribution in [0.4, 0.5) is 13.2 Å². The van der Waals surface area contributed by atoms with Crippen molar-refractivity contribution in [3.8, 4) is 5.88 Å². The lowest BCUT2D eigenvalue weighted by Gasteiger charge is -2.17. The highest BCUT2D eigenvalue weighted by molar-refractivity contribution is 6.01. The van der Waals surface area contributed by atoms with Crippen molar-refractivity contribution in [3.63, 3.8) is 0 Å². The highest BCUT2D eigenvalue weighted by Crippen LogP contribution is 2.25. The number of nitrogens with zero attached hydrogens (tertiary/aromatic N) is 1. The number of ether oxygens (including phenoxy) is 1. The SMILES string of the molecule is CC(C)Cc1c(C(=O)[C@@H]2CCCN2)ccnc1OCC(N)=O.O=C(O)C(F)(F)F. The largest absolute Gasteiger partial charge is 0.490 e. The van der Waals surface area contributed by atoms with Gasteiger partial charge in [-0.3, -0.25) is 9.59 Å². The second-order valence-corrected chi connectivity index (χ2v) is 6.81. The fourth-order valence-corrected chi connectivity index (χ4v) is 2.67. The van der Waals surface area contributed by atoms with Crippen molar-refractivity contribution < 1.29 is 37.4 Å². The highest BCUT2D eigenvalue weighted by atomic mass is 19.4. The summed E-state index contributed by atoms with van der Waals surface area (Å²) in [6, 6.07) is 1.59. The molecule has 0 radical (unpaired) electrons. The Morgan fingerprint density at radius 2 is 2.00 bits per heavy atom. The molecule has 1 saturated heterocycles. The molecular formula is C18H24F3N3O5. The van der Waals surface area contributed by atoms with Gasteiger partial charge >= 0.3 is 12.1 Å². The summed E-state index contributed by atoms with van der Waals surface area (Å²) in [5, 5.41) is 10.3. The van der Waals surface area contributed by atoms with Crippen molar-refractivity contribution in [2.24, 2.45) is 11.7 Å². The van der Waals surface area contributed by atoms with Crippen LogP contribution in [-0.4, -0.2) is 53.1 Å². The van der Waals surface area contributed by atoms with Gasteiger partial charge in [0.05, 0.1) is 6.04 Å². The molecule has 1 atom stereocenters. The maximum absolute atomic E-state index is 12.7. The monoisotopic (exact) mass is 419 g/mol. The Hall–Kier alpha value is -2.69. The summed E-state index contributed by atoms with van der Waals surface area (Å²) in [5.41, 5.74) is 6.51. The number of ketones is 1. The van der Waals surface area contributed by atoms with Gasteiger partial charge in [-0.1, -0.05) is 13.8 Å². The van der Waals surface area contributed by atoms with Gasteiger partial charge in [0.15, 0.2) is 12.4 Å². The van der Waals surface area contributed by atoms with Crippen molar-refractivity contribution >= 4 is 17.7 Å². The van der Waals surface area contributed by atoms with Gasteiger partial charge in [-0.05, 0) is 37.8 Å². The highest BCUT2D eigenvalue weighted by Gasteiger charge is 2.38. The molecule has 0 aliphatic carbocycles. The normalized spacial score (nSPS) is 16.1. The van der Waals surface area contributed by atoms with Crippen molar-refractivity contribution in [1.82, 2.24) is 10.3 Å². The van der Waals surface area contributed by atoms with E-state index in [-0.39, 0.29) is 18.4 Å². The van der Waals surface area contributed by atoms with Gasteiger partial charge < -0.3 is 20.9 Å². The molecule has 0 aromatic carbocycles. The van der Waals surface area contributed by atoms with E-state index < -0.39 is 18.1 Å². The molecule has 29 heavy (non-hydrogen) atoms. The third-order valence-electron chi connectivity index (χ3n) is 3.86. The molecule has 0 unspecified atom stereocenters. The summed E-state index contributed by atoms with van der Waals surface area (Å²) in [7, 11) is 0. The number of halogens is 3. The van der Waals surface area contributed by atoms with Crippen molar-refractivity contribution in [2.75, 3.05) is 13.2 Å². The van der Waals surface area contributed by atoms with E-state index in [0.29, 0.717) is 23.8 Å². The summed E-state index contributed by atoms with van der Waals surface area (Å²) >= 11 is 0. The minimum Gasteiger partial charge on any atom is -0.475 e. The van der Waals surface area contributed by atoms with Gasteiger partial charge in [0.2, 0.25) is 5.88 Å². The number of hydrogen-bond acceptors (Lipinski definition) is 6. The number of nitrogens with one attached hydrogen (secondary N) is 1. The Bertz CT molecular complexity index is 732. The molecule has 2 heterocycles. The second-order valence-electron chi connectivity index (χ2n) is 6.81. The van der Waals surface area contributed by atoms with Crippen LogP contribution in [0.5, 0.6) is 5.88 Å². The molecule has 162 valence electrons. The number of amides is 1. The third-order valence-corrected chi connectivity index (χ3v) is 3.86. The minimum atomic E-state index is -5.08. The van der Waals surface area contributed by atoms with Crippen LogP contribution in [0.3, 0.4) is 0 Å². The van der Waals surface area contributed by atoms with Gasteiger partial charge in [-0.25, -0.2) is 9.78 Å². The summed E-state index contributed by atoms with van der Waals surface area (Å²) in [5.74, 6) is -2.59. The number of pyridine rings is 1. The average molecular weight is 419 g/mol. The van der Waals surface area contributed by atoms with Gasteiger partial charge in [0, 0.05) is 17.3 Å². The lowest BCUT2D eigenvalue weighted by Crippen LogP contribution is -2.31. The topological polar surface area (TPSA) is 132 Å². The zero-order valence-electron chi connectivity index (χ0n) is 16.1. The van der Waals surface area contributed by atoms with E-state index in [0.717, 1.165) is 24.9 Å². The van der Waals surface area contributed by atoms with Gasteiger partial charge in [0.25, 0.3) is 5.91 Å². The molecule has 0 bridgehead atoms. The van der Waals surface area contributed by atoms with Crippen LogP contribution < -0.4 is 15.8 Å². The standard InChI is InChI=1S/C16H23N3O3.C2HF3O2/c1-10(2)8-12-11(15(21)13-4-3-6-18-13)5-7-19-16(12)22-9-14(17)20;3-2(4,5)1(6)7/h5,7,10,13,18H,3-4,6,8-9H2,1-2H3,(H2,17,20);(H,6,7)/t13-;/m0./s1. The summed E-state index contributed by atoms with van der Waals surface area (Å²) in [6.45, 7) is 4.75. The molecule has 4 N–H and O–H groups in total. The first kappa shape index (κ1) is 24.3. The first-order valence-corrected chi connectivity index (χ1v) is 8.90. The van der Waals surface area contributed by atoms with Crippen LogP contribution in [0.15, 0.2) is 12.3 Å². The van der Waals surface area contributed by atoms with Crippen molar-refractivity contribution in [2.45, 2.75) is 45.3 Å². The third kappa shape index (κ3) is 8.06. The van der Waals surface area contributed by atoms with Crippen molar-refractivity contribution in [1.29, 1.82) is 0 Å². The van der Waals surface area contributed by atoms with E-state index in [2.05, 4.69) is 24.1 Å². The lowest BCUT2D eigenvalue weighted by atomic mass is 9.94. The number of aromatic nitrogens is 1. The van der Waals surface area contributed by atoms with E-state index in [1.54, 1.807) is 12.3 Å². The van der Waals surface area contributed by atoms with Crippen LogP contribution in [-0.2, 0) is 16.0 Å². The van der Waals surface area contributed by atoms with E-state index in [4.69, 9.17) is 20.4 Å². The molecule has 11 heteroatoms. The fourth-order valence-electron chi connectivity index (χ4n) is 2.67. The Labute approximate surface area is 165 Å². The number of carbonyl (C=O) groups excluding carboxylic acids is 2. The number of Topliss-reactive ketones (excluding diaryl/α,β-unsaturated/α-hetero) is 1. The maximum atomic E-state index is 12.7. The Morgan fingerprint density at radius 3 is 2.45 bits per heavy atom. The lowest BCUT2D eigenvalue weighted by molar-refractivity contribution is -0.192.